The Balaban J connectivity index is 0.000000143. The van der Waals surface area contributed by atoms with Gasteiger partial charge in [0.05, 0.1) is 0 Å². The fourth-order valence-corrected chi connectivity index (χ4v) is 18.8. The molecule has 0 bridgehead atoms. The Kier molecular flexibility index (Phi) is 16.6. The fraction of sp³-hybridized carbons (Fsp3) is 0.0526. The molecule has 23 rings (SSSR count). The van der Waals surface area contributed by atoms with E-state index in [0.717, 1.165) is 94.7 Å². The van der Waals surface area contributed by atoms with Crippen LogP contribution in [0.2, 0.25) is 0 Å². The number of hydrogen-bond donors (Lipinski definition) is 0. The highest BCUT2D eigenvalue weighted by atomic mass is 16.3. The minimum Gasteiger partial charge on any atom is -0.456 e. The van der Waals surface area contributed by atoms with Crippen LogP contribution in [0.4, 0.5) is 34.1 Å². The number of rotatable bonds is 12. The van der Waals surface area contributed by atoms with Crippen molar-refractivity contribution in [3.8, 4) is 89.0 Å². The average molecular weight is 1510 g/mol. The molecule has 0 N–H and O–H groups in total. The molecule has 19 aromatic carbocycles. The van der Waals surface area contributed by atoms with Gasteiger partial charge in [-0.2, -0.15) is 0 Å². The van der Waals surface area contributed by atoms with Crippen molar-refractivity contribution in [2.45, 2.75) is 38.5 Å². The third-order valence-corrected chi connectivity index (χ3v) is 25.1. The topological polar surface area (TPSA) is 32.8 Å². The van der Waals surface area contributed by atoms with Crippen molar-refractivity contribution >= 4 is 110 Å². The van der Waals surface area contributed by atoms with Crippen molar-refractivity contribution in [1.29, 1.82) is 0 Å². The third-order valence-electron chi connectivity index (χ3n) is 25.1. The SMILES string of the molecule is CC1(C)c2cc(-c3ccc4ccccc4c3)ccc2-c2ccc(N(c3ccc(-c4ccc5oc6ccccc6c5c4)cc3)c3ccc(-c4cccc5ccccc45)cc3)cc21.CC1(C)c2cc(-c3ccc4ccccc4c3)ccc2-c2ccc(N(c3ccc(-c4ccccc4)cc3)c3ccc(-c4ccc5oc6ccccc6c5c4)cc3)cc21. The van der Waals surface area contributed by atoms with Gasteiger partial charge in [-0.25, -0.2) is 0 Å². The van der Waals surface area contributed by atoms with E-state index in [1.165, 1.54) is 127 Å². The highest BCUT2D eigenvalue weighted by Crippen LogP contribution is 2.55. The summed E-state index contributed by atoms with van der Waals surface area (Å²) in [6.45, 7) is 9.51. The Bertz CT molecular complexity index is 7530. The molecule has 0 radical (unpaired) electrons. The Morgan fingerprint density at radius 3 is 0.924 bits per heavy atom. The molecular formula is C114H80N2O2. The van der Waals surface area contributed by atoms with Crippen LogP contribution in [-0.4, -0.2) is 0 Å². The summed E-state index contributed by atoms with van der Waals surface area (Å²) in [4.78, 5) is 4.80. The first-order valence-corrected chi connectivity index (χ1v) is 40.9. The van der Waals surface area contributed by atoms with Crippen molar-refractivity contribution in [3.05, 3.63) is 435 Å². The van der Waals surface area contributed by atoms with Crippen molar-refractivity contribution < 1.29 is 8.83 Å². The molecule has 2 aromatic heterocycles. The quantitative estimate of drug-likeness (QED) is 0.122. The van der Waals surface area contributed by atoms with E-state index in [4.69, 9.17) is 8.83 Å². The molecule has 558 valence electrons. The minimum atomic E-state index is -0.197. The van der Waals surface area contributed by atoms with E-state index in [2.05, 4.69) is 426 Å². The molecule has 0 spiro atoms. The van der Waals surface area contributed by atoms with Crippen molar-refractivity contribution in [2.24, 2.45) is 0 Å². The molecule has 4 heteroatoms. The van der Waals surface area contributed by atoms with Gasteiger partial charge in [0.25, 0.3) is 0 Å². The maximum Gasteiger partial charge on any atom is 0.135 e. The Morgan fingerprint density at radius 2 is 0.466 bits per heavy atom. The smallest absolute Gasteiger partial charge is 0.135 e. The van der Waals surface area contributed by atoms with Crippen molar-refractivity contribution in [1.82, 2.24) is 0 Å². The molecule has 0 unspecified atom stereocenters. The van der Waals surface area contributed by atoms with Gasteiger partial charge < -0.3 is 18.6 Å². The number of furan rings is 2. The van der Waals surface area contributed by atoms with E-state index in [-0.39, 0.29) is 10.8 Å². The zero-order valence-corrected chi connectivity index (χ0v) is 66.0. The van der Waals surface area contributed by atoms with E-state index >= 15 is 0 Å². The van der Waals surface area contributed by atoms with E-state index in [1.54, 1.807) is 0 Å². The van der Waals surface area contributed by atoms with Crippen LogP contribution in [0.5, 0.6) is 0 Å². The molecular weight excluding hydrogens is 1430 g/mol. The summed E-state index contributed by atoms with van der Waals surface area (Å²) in [6.07, 6.45) is 0. The van der Waals surface area contributed by atoms with Crippen LogP contribution in [0, 0.1) is 0 Å². The van der Waals surface area contributed by atoms with Crippen LogP contribution in [0.25, 0.3) is 165 Å². The van der Waals surface area contributed by atoms with E-state index < -0.39 is 0 Å². The Labute approximate surface area is 686 Å². The van der Waals surface area contributed by atoms with Crippen molar-refractivity contribution in [3.63, 3.8) is 0 Å². The van der Waals surface area contributed by atoms with Crippen LogP contribution in [0.15, 0.2) is 421 Å². The summed E-state index contributed by atoms with van der Waals surface area (Å²) in [5.41, 5.74) is 35.1. The molecule has 21 aromatic rings. The molecule has 0 atom stereocenters. The minimum absolute atomic E-state index is 0.184. The number of anilines is 6. The zero-order chi connectivity index (χ0) is 78.7. The highest BCUT2D eigenvalue weighted by Gasteiger charge is 2.38. The van der Waals surface area contributed by atoms with Gasteiger partial charge >= 0.3 is 0 Å². The molecule has 2 aliphatic carbocycles. The molecule has 0 saturated carbocycles. The number of fused-ring (bicyclic) bond motifs is 15. The second kappa shape index (κ2) is 28.0. The van der Waals surface area contributed by atoms with Crippen LogP contribution in [-0.2, 0) is 10.8 Å². The predicted octanol–water partition coefficient (Wildman–Crippen LogP) is 32.2. The first kappa shape index (κ1) is 69.8. The summed E-state index contributed by atoms with van der Waals surface area (Å²) in [5.74, 6) is 0. The van der Waals surface area contributed by atoms with Crippen LogP contribution >= 0.6 is 0 Å². The zero-order valence-electron chi connectivity index (χ0n) is 66.0. The Morgan fingerprint density at radius 1 is 0.169 bits per heavy atom. The normalized spacial score (nSPS) is 12.9. The lowest BCUT2D eigenvalue weighted by Gasteiger charge is -2.28. The van der Waals surface area contributed by atoms with Gasteiger partial charge in [-0.05, 0) is 277 Å². The lowest BCUT2D eigenvalue weighted by atomic mass is 9.81. The van der Waals surface area contributed by atoms with E-state index in [1.807, 2.05) is 24.3 Å². The lowest BCUT2D eigenvalue weighted by Crippen LogP contribution is -2.16. The predicted molar refractivity (Wildman–Crippen MR) is 497 cm³/mol. The van der Waals surface area contributed by atoms with E-state index in [9.17, 15) is 0 Å². The maximum atomic E-state index is 6.15. The van der Waals surface area contributed by atoms with Crippen molar-refractivity contribution in [2.75, 3.05) is 9.80 Å². The molecule has 118 heavy (non-hydrogen) atoms. The monoisotopic (exact) mass is 1510 g/mol. The maximum absolute atomic E-state index is 6.15. The van der Waals surface area contributed by atoms with Gasteiger partial charge in [0.15, 0.2) is 0 Å². The van der Waals surface area contributed by atoms with Gasteiger partial charge in [-0.3, -0.25) is 0 Å². The Hall–Kier alpha value is -14.8. The van der Waals surface area contributed by atoms with E-state index in [0.29, 0.717) is 0 Å². The number of hydrogen-bond acceptors (Lipinski definition) is 4. The first-order chi connectivity index (χ1) is 57.9. The number of nitrogens with zero attached hydrogens (tertiary/aromatic N) is 2. The fourth-order valence-electron chi connectivity index (χ4n) is 18.8. The van der Waals surface area contributed by atoms with Crippen LogP contribution in [0.3, 0.4) is 0 Å². The number of benzene rings is 19. The average Bonchev–Trinajstić information content (AvgIpc) is 1.57. The summed E-state index contributed by atoms with van der Waals surface area (Å²) in [7, 11) is 0. The summed E-state index contributed by atoms with van der Waals surface area (Å²) < 4.78 is 12.3. The first-order valence-electron chi connectivity index (χ1n) is 40.9. The summed E-state index contributed by atoms with van der Waals surface area (Å²) in [6, 6.07) is 150. The standard InChI is InChI=1S/C59H41NO.C55H39NO/c1-59(2)55-36-45(43-19-18-38-10-3-4-12-42(38)34-43)24-31-51(55)52-32-30-48(37-56(52)59)60(47-28-22-41(23-29-47)50-16-9-13-40-11-5-6-14-49(40)50)46-26-20-39(21-27-46)44-25-33-58-54(35-44)53-15-7-8-17-57(53)61-58;1-55(2)51-34-43(41-17-16-37-12-6-7-13-40(37)32-41)22-29-47(51)48-30-28-46(35-52(48)55)56(44-24-18-38(19-25-44)36-10-4-3-5-11-36)45-26-20-39(21-27-45)42-23-31-54-50(33-42)49-14-8-9-15-53(49)57-54/h3-37H,1-2H3;3-35H,1-2H3. The lowest BCUT2D eigenvalue weighted by molar-refractivity contribution is 0.660. The summed E-state index contributed by atoms with van der Waals surface area (Å²) in [5, 5.41) is 12.1. The second-order valence-electron chi connectivity index (χ2n) is 32.7. The second-order valence-corrected chi connectivity index (χ2v) is 32.7. The van der Waals surface area contributed by atoms with Gasteiger partial charge in [0.1, 0.15) is 22.3 Å². The molecule has 4 nitrogen and oxygen atoms in total. The summed E-state index contributed by atoms with van der Waals surface area (Å²) >= 11 is 0. The molecule has 2 heterocycles. The number of para-hydroxylation sites is 2. The largest absolute Gasteiger partial charge is 0.456 e. The highest BCUT2D eigenvalue weighted by molar-refractivity contribution is 6.08. The molecule has 0 aliphatic heterocycles. The molecule has 0 fully saturated rings. The van der Waals surface area contributed by atoms with Gasteiger partial charge in [0.2, 0.25) is 0 Å². The van der Waals surface area contributed by atoms with Crippen LogP contribution in [0.1, 0.15) is 49.9 Å². The molecule has 2 aliphatic rings. The van der Waals surface area contributed by atoms with Crippen LogP contribution < -0.4 is 9.80 Å². The van der Waals surface area contributed by atoms with Gasteiger partial charge in [-0.1, -0.05) is 307 Å². The molecule has 0 saturated heterocycles. The third kappa shape index (κ3) is 12.1. The van der Waals surface area contributed by atoms with Gasteiger partial charge in [-0.15, -0.1) is 0 Å². The van der Waals surface area contributed by atoms with Gasteiger partial charge in [0, 0.05) is 66.5 Å². The molecule has 0 amide bonds.